The molecule has 7 heteroatoms. The van der Waals surface area contributed by atoms with Gasteiger partial charge in [-0.2, -0.15) is 10.2 Å². The van der Waals surface area contributed by atoms with Crippen molar-refractivity contribution in [3.8, 4) is 0 Å². The molecule has 0 atom stereocenters. The summed E-state index contributed by atoms with van der Waals surface area (Å²) in [7, 11) is 0. The van der Waals surface area contributed by atoms with E-state index in [1.54, 1.807) is 36.8 Å². The van der Waals surface area contributed by atoms with Gasteiger partial charge in [0.25, 0.3) is 0 Å². The van der Waals surface area contributed by atoms with E-state index in [1.165, 1.54) is 12.4 Å². The largest absolute Gasteiger partial charge is 0.463 e. The Morgan fingerprint density at radius 2 is 1.50 bits per heavy atom. The fourth-order valence-electron chi connectivity index (χ4n) is 1.06. The van der Waals surface area contributed by atoms with Crippen molar-refractivity contribution in [1.82, 2.24) is 10.9 Å². The zero-order chi connectivity index (χ0) is 12.6. The molecule has 0 fully saturated rings. The van der Waals surface area contributed by atoms with Gasteiger partial charge in [-0.1, -0.05) is 0 Å². The smallest absolute Gasteiger partial charge is 0.207 e. The van der Waals surface area contributed by atoms with E-state index in [9.17, 15) is 0 Å². The number of nitrogens with one attached hydrogen (secondary N) is 2. The number of hydrogen-bond donors (Lipinski definition) is 2. The summed E-state index contributed by atoms with van der Waals surface area (Å²) < 4.78 is 10.1. The first-order valence-electron chi connectivity index (χ1n) is 5.04. The first kappa shape index (κ1) is 12.1. The van der Waals surface area contributed by atoms with E-state index < -0.39 is 0 Å². The lowest BCUT2D eigenvalue weighted by Crippen LogP contribution is -2.28. The standard InChI is InChI=1S/C11H10N4O2S/c18-11(14-12-7-9-3-1-5-16-9)15-13-8-10-4-2-6-17-10/h1-8H,(H2,14,15,18)/b12-7-,13-8-. The molecule has 0 bridgehead atoms. The SMILES string of the molecule is S=C(N/N=C\c1ccco1)N/N=C\c1ccco1. The quantitative estimate of drug-likeness (QED) is 0.498. The van der Waals surface area contributed by atoms with Crippen molar-refractivity contribution in [3.05, 3.63) is 48.3 Å². The predicted molar refractivity (Wildman–Crippen MR) is 71.5 cm³/mol. The maximum Gasteiger partial charge on any atom is 0.207 e. The van der Waals surface area contributed by atoms with Crippen LogP contribution < -0.4 is 10.9 Å². The van der Waals surface area contributed by atoms with E-state index in [0.29, 0.717) is 11.5 Å². The topological polar surface area (TPSA) is 75.1 Å². The average Bonchev–Trinajstić information content (AvgIpc) is 3.01. The maximum absolute atomic E-state index is 5.05. The van der Waals surface area contributed by atoms with Crippen molar-refractivity contribution in [2.75, 3.05) is 0 Å². The Labute approximate surface area is 108 Å². The normalized spacial score (nSPS) is 11.1. The van der Waals surface area contributed by atoms with Gasteiger partial charge in [-0.05, 0) is 36.5 Å². The third kappa shape index (κ3) is 3.87. The summed E-state index contributed by atoms with van der Waals surface area (Å²) in [5.41, 5.74) is 5.17. The van der Waals surface area contributed by atoms with Crippen LogP contribution in [-0.2, 0) is 0 Å². The number of hydrazone groups is 2. The second kappa shape index (κ2) is 6.36. The van der Waals surface area contributed by atoms with Crippen molar-refractivity contribution >= 4 is 29.8 Å². The molecule has 2 aromatic rings. The van der Waals surface area contributed by atoms with Gasteiger partial charge in [-0.25, -0.2) is 0 Å². The van der Waals surface area contributed by atoms with Crippen LogP contribution in [-0.4, -0.2) is 17.5 Å². The van der Waals surface area contributed by atoms with Crippen LogP contribution in [0.4, 0.5) is 0 Å². The molecule has 0 aliphatic rings. The first-order chi connectivity index (χ1) is 8.84. The predicted octanol–water partition coefficient (Wildman–Crippen LogP) is 1.70. The minimum absolute atomic E-state index is 0.264. The van der Waals surface area contributed by atoms with E-state index in [-0.39, 0.29) is 5.11 Å². The highest BCUT2D eigenvalue weighted by atomic mass is 32.1. The van der Waals surface area contributed by atoms with E-state index in [0.717, 1.165) is 0 Å². The third-order valence-corrected chi connectivity index (χ3v) is 1.98. The first-order valence-corrected chi connectivity index (χ1v) is 5.44. The minimum Gasteiger partial charge on any atom is -0.463 e. The second-order valence-electron chi connectivity index (χ2n) is 3.10. The molecular weight excluding hydrogens is 252 g/mol. The van der Waals surface area contributed by atoms with E-state index >= 15 is 0 Å². The maximum atomic E-state index is 5.05. The molecule has 2 aromatic heterocycles. The Balaban J connectivity index is 1.72. The van der Waals surface area contributed by atoms with Gasteiger partial charge in [0, 0.05) is 0 Å². The van der Waals surface area contributed by atoms with Crippen LogP contribution in [0.2, 0.25) is 0 Å². The van der Waals surface area contributed by atoms with Gasteiger partial charge in [0.2, 0.25) is 5.11 Å². The van der Waals surface area contributed by atoms with Crippen molar-refractivity contribution in [1.29, 1.82) is 0 Å². The van der Waals surface area contributed by atoms with Crippen molar-refractivity contribution in [2.45, 2.75) is 0 Å². The number of hydrogen-bond acceptors (Lipinski definition) is 5. The van der Waals surface area contributed by atoms with Crippen LogP contribution in [0.15, 0.2) is 55.8 Å². The number of thiocarbonyl (C=S) groups is 1. The average molecular weight is 262 g/mol. The molecule has 2 N–H and O–H groups in total. The van der Waals surface area contributed by atoms with E-state index in [2.05, 4.69) is 21.1 Å². The molecule has 0 spiro atoms. The zero-order valence-corrected chi connectivity index (χ0v) is 10.1. The molecule has 18 heavy (non-hydrogen) atoms. The fraction of sp³-hybridized carbons (Fsp3) is 0. The van der Waals surface area contributed by atoms with Gasteiger partial charge >= 0.3 is 0 Å². The van der Waals surface area contributed by atoms with E-state index in [1.807, 2.05) is 0 Å². The van der Waals surface area contributed by atoms with Gasteiger partial charge in [0.05, 0.1) is 25.0 Å². The second-order valence-corrected chi connectivity index (χ2v) is 3.51. The molecule has 2 rings (SSSR count). The molecule has 0 radical (unpaired) electrons. The Bertz CT molecular complexity index is 483. The van der Waals surface area contributed by atoms with Crippen LogP contribution in [0.1, 0.15) is 11.5 Å². The fourth-order valence-corrected chi connectivity index (χ4v) is 1.17. The molecule has 92 valence electrons. The summed E-state index contributed by atoms with van der Waals surface area (Å²) in [5, 5.41) is 7.98. The Hall–Kier alpha value is -2.41. The lowest BCUT2D eigenvalue weighted by molar-refractivity contribution is 0.560. The van der Waals surface area contributed by atoms with Crippen LogP contribution in [0.25, 0.3) is 0 Å². The number of nitrogens with zero attached hydrogens (tertiary/aromatic N) is 2. The highest BCUT2D eigenvalue weighted by molar-refractivity contribution is 7.80. The van der Waals surface area contributed by atoms with Gasteiger partial charge in [-0.15, -0.1) is 0 Å². The minimum atomic E-state index is 0.264. The number of furan rings is 2. The molecule has 0 aliphatic heterocycles. The zero-order valence-electron chi connectivity index (χ0n) is 9.24. The summed E-state index contributed by atoms with van der Waals surface area (Å²) in [5.74, 6) is 1.26. The monoisotopic (exact) mass is 262 g/mol. The summed E-state index contributed by atoms with van der Waals surface area (Å²) >= 11 is 4.93. The van der Waals surface area contributed by atoms with Gasteiger partial charge < -0.3 is 8.83 Å². The van der Waals surface area contributed by atoms with Crippen LogP contribution in [0.3, 0.4) is 0 Å². The molecule has 0 amide bonds. The molecule has 0 saturated carbocycles. The number of rotatable bonds is 4. The lowest BCUT2D eigenvalue weighted by Gasteiger charge is -1.99. The molecule has 2 heterocycles. The Morgan fingerprint density at radius 3 is 1.89 bits per heavy atom. The molecule has 0 aliphatic carbocycles. The summed E-state index contributed by atoms with van der Waals surface area (Å²) in [6.07, 6.45) is 6.13. The van der Waals surface area contributed by atoms with Gasteiger partial charge in [0.15, 0.2) is 0 Å². The van der Waals surface area contributed by atoms with Gasteiger partial charge in [-0.3, -0.25) is 10.9 Å². The van der Waals surface area contributed by atoms with Gasteiger partial charge in [0.1, 0.15) is 11.5 Å². The van der Waals surface area contributed by atoms with Crippen LogP contribution in [0.5, 0.6) is 0 Å². The summed E-state index contributed by atoms with van der Waals surface area (Å²) in [6.45, 7) is 0. The summed E-state index contributed by atoms with van der Waals surface area (Å²) in [6, 6.07) is 7.09. The molecular formula is C11H10N4O2S. The highest BCUT2D eigenvalue weighted by Gasteiger charge is 1.92. The Morgan fingerprint density at radius 1 is 1.00 bits per heavy atom. The van der Waals surface area contributed by atoms with Crippen LogP contribution >= 0.6 is 12.2 Å². The lowest BCUT2D eigenvalue weighted by atomic mass is 10.5. The molecule has 0 aromatic carbocycles. The molecule has 0 unspecified atom stereocenters. The molecule has 6 nitrogen and oxygen atoms in total. The van der Waals surface area contributed by atoms with Crippen molar-refractivity contribution < 1.29 is 8.83 Å². The van der Waals surface area contributed by atoms with Crippen molar-refractivity contribution in [3.63, 3.8) is 0 Å². The molecule has 0 saturated heterocycles. The van der Waals surface area contributed by atoms with Crippen LogP contribution in [0, 0.1) is 0 Å². The third-order valence-electron chi connectivity index (χ3n) is 1.80. The summed E-state index contributed by atoms with van der Waals surface area (Å²) in [4.78, 5) is 0. The van der Waals surface area contributed by atoms with E-state index in [4.69, 9.17) is 21.1 Å². The Kier molecular flexibility index (Phi) is 4.26. The highest BCUT2D eigenvalue weighted by Crippen LogP contribution is 1.95. The van der Waals surface area contributed by atoms with Crippen molar-refractivity contribution in [2.24, 2.45) is 10.2 Å².